The van der Waals surface area contributed by atoms with Crippen LogP contribution in [0.15, 0.2) is 36.7 Å². The van der Waals surface area contributed by atoms with Crippen LogP contribution in [0.25, 0.3) is 10.9 Å². The summed E-state index contributed by atoms with van der Waals surface area (Å²) in [5, 5.41) is 8.66. The second-order valence-corrected chi connectivity index (χ2v) is 7.75. The predicted octanol–water partition coefficient (Wildman–Crippen LogP) is 2.30. The van der Waals surface area contributed by atoms with Crippen LogP contribution in [0.3, 0.4) is 0 Å². The predicted molar refractivity (Wildman–Crippen MR) is 125 cm³/mol. The molecule has 0 spiro atoms. The van der Waals surface area contributed by atoms with Crippen LogP contribution in [-0.4, -0.2) is 47.6 Å². The van der Waals surface area contributed by atoms with Crippen molar-refractivity contribution in [2.75, 3.05) is 16.0 Å². The molecule has 0 saturated carbocycles. The Kier molecular flexibility index (Phi) is 5.72. The van der Waals surface area contributed by atoms with Crippen LogP contribution in [0.5, 0.6) is 0 Å². The first-order valence-corrected chi connectivity index (χ1v) is 10.2. The summed E-state index contributed by atoms with van der Waals surface area (Å²) in [6.07, 6.45) is 3.01. The highest BCUT2D eigenvalue weighted by Gasteiger charge is 2.19. The first-order valence-electron chi connectivity index (χ1n) is 10.2. The Hall–Kier alpha value is -4.74. The summed E-state index contributed by atoms with van der Waals surface area (Å²) in [6, 6.07) is 6.94. The SMILES string of the molecule is CC(=O)Nc1cn(C)c(C(=O)Nc2cn(C)c(C(=O)Nc3ccc4[nH]c(C(C)=O)cc4c3)n2)n1. The molecular formula is C22H22N8O4. The van der Waals surface area contributed by atoms with Crippen LogP contribution in [-0.2, 0) is 18.9 Å². The summed E-state index contributed by atoms with van der Waals surface area (Å²) in [4.78, 5) is 59.5. The fraction of sp³-hybridized carbons (Fsp3) is 0.182. The largest absolute Gasteiger partial charge is 0.352 e. The number of aryl methyl sites for hydroxylation is 2. The number of hydrogen-bond acceptors (Lipinski definition) is 6. The number of nitrogens with one attached hydrogen (secondary N) is 4. The molecule has 1 aromatic carbocycles. The number of nitrogens with zero attached hydrogens (tertiary/aromatic N) is 4. The minimum Gasteiger partial charge on any atom is -0.352 e. The number of aromatic nitrogens is 5. The van der Waals surface area contributed by atoms with Gasteiger partial charge < -0.3 is 30.1 Å². The quantitative estimate of drug-likeness (QED) is 0.322. The van der Waals surface area contributed by atoms with Crippen molar-refractivity contribution in [3.05, 3.63) is 54.0 Å². The highest BCUT2D eigenvalue weighted by Crippen LogP contribution is 2.21. The van der Waals surface area contributed by atoms with E-state index in [9.17, 15) is 19.2 Å². The lowest BCUT2D eigenvalue weighted by Crippen LogP contribution is -2.18. The van der Waals surface area contributed by atoms with Crippen LogP contribution < -0.4 is 16.0 Å². The molecule has 0 radical (unpaired) electrons. The van der Waals surface area contributed by atoms with Gasteiger partial charge in [-0.05, 0) is 24.3 Å². The molecule has 0 bridgehead atoms. The van der Waals surface area contributed by atoms with Gasteiger partial charge in [0.15, 0.2) is 17.4 Å². The van der Waals surface area contributed by atoms with Crippen molar-refractivity contribution in [1.82, 2.24) is 24.1 Å². The summed E-state index contributed by atoms with van der Waals surface area (Å²) in [5.41, 5.74) is 1.79. The number of anilines is 3. The fourth-order valence-corrected chi connectivity index (χ4v) is 3.41. The van der Waals surface area contributed by atoms with E-state index >= 15 is 0 Å². The average molecular weight is 462 g/mol. The molecule has 12 nitrogen and oxygen atoms in total. The summed E-state index contributed by atoms with van der Waals surface area (Å²) in [5.74, 6) is -0.873. The lowest BCUT2D eigenvalue weighted by atomic mass is 10.2. The van der Waals surface area contributed by atoms with Gasteiger partial charge in [-0.25, -0.2) is 9.97 Å². The number of amides is 3. The molecule has 12 heteroatoms. The molecule has 0 atom stereocenters. The van der Waals surface area contributed by atoms with Gasteiger partial charge in [-0.15, -0.1) is 0 Å². The third kappa shape index (κ3) is 4.55. The maximum absolute atomic E-state index is 12.8. The fourth-order valence-electron chi connectivity index (χ4n) is 3.41. The third-order valence-corrected chi connectivity index (χ3v) is 4.96. The van der Waals surface area contributed by atoms with Gasteiger partial charge in [-0.1, -0.05) is 0 Å². The topological polar surface area (TPSA) is 156 Å². The van der Waals surface area contributed by atoms with Crippen LogP contribution in [0.4, 0.5) is 17.3 Å². The number of carbonyl (C=O) groups is 4. The summed E-state index contributed by atoms with van der Waals surface area (Å²) in [7, 11) is 3.24. The molecule has 3 heterocycles. The molecule has 0 fully saturated rings. The number of hydrogen-bond donors (Lipinski definition) is 4. The summed E-state index contributed by atoms with van der Waals surface area (Å²) < 4.78 is 2.95. The van der Waals surface area contributed by atoms with Gasteiger partial charge in [-0.3, -0.25) is 19.2 Å². The van der Waals surface area contributed by atoms with E-state index in [1.807, 2.05) is 0 Å². The van der Waals surface area contributed by atoms with Gasteiger partial charge in [-0.2, -0.15) is 0 Å². The lowest BCUT2D eigenvalue weighted by Gasteiger charge is -2.05. The minimum atomic E-state index is -0.552. The van der Waals surface area contributed by atoms with E-state index in [4.69, 9.17) is 0 Å². The average Bonchev–Trinajstić information content (AvgIpc) is 3.43. The van der Waals surface area contributed by atoms with E-state index in [1.165, 1.54) is 35.4 Å². The maximum Gasteiger partial charge on any atom is 0.292 e. The smallest absolute Gasteiger partial charge is 0.292 e. The number of fused-ring (bicyclic) bond motifs is 1. The van der Waals surface area contributed by atoms with Crippen LogP contribution >= 0.6 is 0 Å². The molecule has 0 aliphatic rings. The molecule has 3 aromatic heterocycles. The Bertz CT molecular complexity index is 1460. The van der Waals surface area contributed by atoms with Gasteiger partial charge in [0, 0.05) is 56.9 Å². The molecule has 0 unspecified atom stereocenters. The highest BCUT2D eigenvalue weighted by molar-refractivity contribution is 6.05. The Labute approximate surface area is 193 Å². The Morgan fingerprint density at radius 3 is 2.00 bits per heavy atom. The Morgan fingerprint density at radius 2 is 1.41 bits per heavy atom. The zero-order valence-electron chi connectivity index (χ0n) is 18.9. The monoisotopic (exact) mass is 462 g/mol. The number of imidazole rings is 2. The van der Waals surface area contributed by atoms with Gasteiger partial charge in [0.25, 0.3) is 11.8 Å². The molecule has 0 aliphatic heterocycles. The van der Waals surface area contributed by atoms with Crippen molar-refractivity contribution >= 4 is 51.7 Å². The highest BCUT2D eigenvalue weighted by atomic mass is 16.2. The Morgan fingerprint density at radius 1 is 0.824 bits per heavy atom. The molecule has 34 heavy (non-hydrogen) atoms. The number of benzene rings is 1. The van der Waals surface area contributed by atoms with E-state index in [1.54, 1.807) is 38.4 Å². The molecule has 0 saturated heterocycles. The summed E-state index contributed by atoms with van der Waals surface area (Å²) >= 11 is 0. The van der Waals surface area contributed by atoms with Gasteiger partial charge in [0.2, 0.25) is 17.6 Å². The van der Waals surface area contributed by atoms with Crippen molar-refractivity contribution in [2.24, 2.45) is 14.1 Å². The molecular weight excluding hydrogens is 440 g/mol. The van der Waals surface area contributed by atoms with E-state index < -0.39 is 11.8 Å². The van der Waals surface area contributed by atoms with E-state index in [-0.39, 0.29) is 35.0 Å². The molecule has 174 valence electrons. The van der Waals surface area contributed by atoms with Crippen LogP contribution in [0.1, 0.15) is 45.6 Å². The summed E-state index contributed by atoms with van der Waals surface area (Å²) in [6.45, 7) is 2.81. The number of H-pyrrole nitrogens is 1. The van der Waals surface area contributed by atoms with E-state index in [0.717, 1.165) is 10.9 Å². The zero-order valence-corrected chi connectivity index (χ0v) is 18.9. The van der Waals surface area contributed by atoms with Gasteiger partial charge >= 0.3 is 0 Å². The number of carbonyl (C=O) groups excluding carboxylic acids is 4. The molecule has 4 aromatic rings. The number of aromatic amines is 1. The standard InChI is InChI=1S/C22H22N8O4/c1-11(31)16-8-13-7-14(5-6-15(13)25-16)24-21(33)19-27-18(10-30(19)4)28-22(34)20-26-17(9-29(20)3)23-12(2)32/h5-10,25H,1-4H3,(H,23,32)(H,24,33)(H,28,34). The normalized spacial score (nSPS) is 10.8. The van der Waals surface area contributed by atoms with E-state index in [2.05, 4.69) is 30.9 Å². The second-order valence-electron chi connectivity index (χ2n) is 7.75. The van der Waals surface area contributed by atoms with Crippen molar-refractivity contribution in [2.45, 2.75) is 13.8 Å². The van der Waals surface area contributed by atoms with Crippen molar-refractivity contribution < 1.29 is 19.2 Å². The second kappa shape index (κ2) is 8.65. The van der Waals surface area contributed by atoms with Crippen molar-refractivity contribution in [3.63, 3.8) is 0 Å². The first-order chi connectivity index (χ1) is 16.1. The third-order valence-electron chi connectivity index (χ3n) is 4.96. The minimum absolute atomic E-state index is 0.0603. The lowest BCUT2D eigenvalue weighted by molar-refractivity contribution is -0.114. The number of ketones is 1. The Balaban J connectivity index is 1.48. The molecule has 3 amide bonds. The van der Waals surface area contributed by atoms with Crippen LogP contribution in [0, 0.1) is 0 Å². The number of Topliss-reactive ketones (excluding diaryl/α,β-unsaturated/α-hetero) is 1. The van der Waals surface area contributed by atoms with Gasteiger partial charge in [0.1, 0.15) is 0 Å². The van der Waals surface area contributed by atoms with E-state index in [0.29, 0.717) is 11.4 Å². The van der Waals surface area contributed by atoms with Crippen LogP contribution in [0.2, 0.25) is 0 Å². The molecule has 4 N–H and O–H groups in total. The molecule has 0 aliphatic carbocycles. The zero-order chi connectivity index (χ0) is 24.6. The first kappa shape index (κ1) is 22.5. The van der Waals surface area contributed by atoms with Crippen molar-refractivity contribution in [3.8, 4) is 0 Å². The van der Waals surface area contributed by atoms with Crippen molar-refractivity contribution in [1.29, 1.82) is 0 Å². The maximum atomic E-state index is 12.8. The van der Waals surface area contributed by atoms with Gasteiger partial charge in [0.05, 0.1) is 5.69 Å². The number of rotatable bonds is 6. The molecule has 4 rings (SSSR count).